The van der Waals surface area contributed by atoms with Crippen LogP contribution in [0.4, 0.5) is 20.6 Å². The van der Waals surface area contributed by atoms with Gasteiger partial charge < -0.3 is 50.1 Å². The molecule has 0 radical (unpaired) electrons. The highest BCUT2D eigenvalue weighted by Crippen LogP contribution is 2.44. The molecule has 20 nitrogen and oxygen atoms in total. The van der Waals surface area contributed by atoms with E-state index < -0.39 is 95.3 Å². The first kappa shape index (κ1) is 56.8. The highest BCUT2D eigenvalue weighted by atomic mass is 19.1. The zero-order chi connectivity index (χ0) is 54.6. The van der Waals surface area contributed by atoms with Crippen LogP contribution in [0, 0.1) is 17.8 Å². The lowest BCUT2D eigenvalue weighted by atomic mass is 9.73. The van der Waals surface area contributed by atoms with Crippen molar-refractivity contribution in [2.24, 2.45) is 17.8 Å². The van der Waals surface area contributed by atoms with Crippen LogP contribution in [0.2, 0.25) is 0 Å². The molecule has 21 heteroatoms. The summed E-state index contributed by atoms with van der Waals surface area (Å²) in [4.78, 5) is 61.3. The van der Waals surface area contributed by atoms with Crippen LogP contribution in [0.3, 0.4) is 0 Å². The molecule has 410 valence electrons. The van der Waals surface area contributed by atoms with Gasteiger partial charge in [-0.05, 0) is 110 Å². The number of nitrogen functional groups attached to an aromatic ring is 2. The Morgan fingerprint density at radius 3 is 1.99 bits per heavy atom. The molecular formula is C54H77FN10O10. The molecule has 3 fully saturated rings. The first-order chi connectivity index (χ1) is 35.5. The summed E-state index contributed by atoms with van der Waals surface area (Å²) in [5.74, 6) is -6.01. The van der Waals surface area contributed by atoms with Crippen molar-refractivity contribution in [1.82, 2.24) is 39.8 Å². The van der Waals surface area contributed by atoms with E-state index >= 15 is 4.39 Å². The van der Waals surface area contributed by atoms with Crippen molar-refractivity contribution in [2.75, 3.05) is 38.7 Å². The number of Topliss-reactive ketones (excluding diaryl/α,β-unsaturated/α-hetero) is 2. The highest BCUT2D eigenvalue weighted by Gasteiger charge is 2.62. The molecule has 5 heterocycles. The number of hydrogen-bond acceptors (Lipinski definition) is 17. The smallest absolute Gasteiger partial charge is 0.410 e. The summed E-state index contributed by atoms with van der Waals surface area (Å²) in [6, 6.07) is 13.4. The number of methoxy groups -OCH3 is 1. The second-order valence-corrected chi connectivity index (χ2v) is 21.5. The van der Waals surface area contributed by atoms with Crippen LogP contribution in [-0.2, 0) is 51.2 Å². The third kappa shape index (κ3) is 12.4. The second-order valence-electron chi connectivity index (χ2n) is 21.5. The van der Waals surface area contributed by atoms with Crippen molar-refractivity contribution in [1.29, 1.82) is 0 Å². The zero-order valence-electron chi connectivity index (χ0n) is 45.1. The van der Waals surface area contributed by atoms with Gasteiger partial charge in [-0.3, -0.25) is 19.0 Å². The minimum atomic E-state index is -3.23. The van der Waals surface area contributed by atoms with Gasteiger partial charge >= 0.3 is 12.1 Å². The van der Waals surface area contributed by atoms with E-state index in [0.29, 0.717) is 56.0 Å². The molecule has 3 saturated heterocycles. The molecule has 2 aromatic heterocycles. The van der Waals surface area contributed by atoms with E-state index in [1.54, 1.807) is 50.0 Å². The van der Waals surface area contributed by atoms with Gasteiger partial charge in [-0.15, -0.1) is 10.2 Å². The molecule has 7 rings (SSSR count). The van der Waals surface area contributed by atoms with Gasteiger partial charge in [-0.25, -0.2) is 14.0 Å². The van der Waals surface area contributed by atoms with E-state index in [4.69, 9.17) is 35.2 Å². The van der Waals surface area contributed by atoms with E-state index in [9.17, 15) is 24.3 Å². The summed E-state index contributed by atoms with van der Waals surface area (Å²) in [6.45, 7) is 14.4. The number of halogens is 1. The fraction of sp³-hybridized carbons (Fsp3) is 0.630. The molecule has 0 aliphatic carbocycles. The van der Waals surface area contributed by atoms with Crippen molar-refractivity contribution in [3.05, 3.63) is 60.9 Å². The molecule has 3 aliphatic heterocycles. The summed E-state index contributed by atoms with van der Waals surface area (Å²) in [5.41, 5.74) is 9.89. The fourth-order valence-corrected chi connectivity index (χ4v) is 11.5. The number of ketones is 2. The number of ether oxygens (including phenoxy) is 5. The number of nitrogens with zero attached hydrogens (tertiary/aromatic N) is 8. The maximum absolute atomic E-state index is 17.2. The largest absolute Gasteiger partial charge is 0.455 e. The Kier molecular flexibility index (Phi) is 17.9. The van der Waals surface area contributed by atoms with E-state index in [2.05, 4.69) is 20.6 Å². The molecule has 0 unspecified atom stereocenters. The quantitative estimate of drug-likeness (QED) is 0.0454. The molecule has 75 heavy (non-hydrogen) atoms. The molecule has 0 bridgehead atoms. The average molecular weight is 1050 g/mol. The predicted octanol–water partition coefficient (Wildman–Crippen LogP) is 6.29. The number of fused-ring (bicyclic) bond motifs is 1. The Hall–Kier alpha value is -5.87. The van der Waals surface area contributed by atoms with Crippen LogP contribution in [0.25, 0.3) is 22.5 Å². The lowest BCUT2D eigenvalue weighted by Gasteiger charge is -2.47. The normalized spacial score (nSPS) is 32.0. The number of rotatable bonds is 17. The van der Waals surface area contributed by atoms with E-state index in [-0.39, 0.29) is 25.2 Å². The number of carbonyl (C=O) groups excluding carboxylic acids is 4. The number of cyclic esters (lactones) is 1. The number of unbranched alkanes of at least 4 members (excludes halogenated alkanes) is 2. The topological polar surface area (TPSA) is 255 Å². The van der Waals surface area contributed by atoms with Crippen LogP contribution in [-0.4, -0.2) is 155 Å². The van der Waals surface area contributed by atoms with Gasteiger partial charge in [0, 0.05) is 73.0 Å². The fourth-order valence-electron chi connectivity index (χ4n) is 11.5. The molecule has 5 N–H and O–H groups in total. The van der Waals surface area contributed by atoms with Gasteiger partial charge in [0.1, 0.15) is 29.4 Å². The van der Waals surface area contributed by atoms with Gasteiger partial charge in [0.25, 0.3) is 5.67 Å². The van der Waals surface area contributed by atoms with Crippen LogP contribution < -0.4 is 11.5 Å². The third-order valence-electron chi connectivity index (χ3n) is 15.7. The Morgan fingerprint density at radius 1 is 0.853 bits per heavy atom. The van der Waals surface area contributed by atoms with Crippen molar-refractivity contribution < 1.29 is 52.4 Å². The van der Waals surface area contributed by atoms with E-state index in [0.717, 1.165) is 36.6 Å². The minimum Gasteiger partial charge on any atom is -0.455 e. The maximum atomic E-state index is 17.2. The Balaban J connectivity index is 1.08. The number of amides is 1. The third-order valence-corrected chi connectivity index (χ3v) is 15.7. The number of anilines is 2. The highest BCUT2D eigenvalue weighted by molar-refractivity contribution is 6.08. The van der Waals surface area contributed by atoms with Gasteiger partial charge in [-0.2, -0.15) is 0 Å². The zero-order valence-corrected chi connectivity index (χ0v) is 45.1. The monoisotopic (exact) mass is 1040 g/mol. The van der Waals surface area contributed by atoms with Gasteiger partial charge in [0.15, 0.2) is 17.7 Å². The molecule has 0 saturated carbocycles. The number of carbonyl (C=O) groups is 4. The number of aliphatic hydroxyl groups is 1. The molecule has 1 amide bonds. The first-order valence-electron chi connectivity index (χ1n) is 26.2. The summed E-state index contributed by atoms with van der Waals surface area (Å²) >= 11 is 0. The van der Waals surface area contributed by atoms with Gasteiger partial charge in [0.2, 0.25) is 0 Å². The molecule has 0 spiro atoms. The molecule has 3 aliphatic rings. The SMILES string of the molecule is CC[C@H]1OC(=O)[C@@](C)(F)C(=O)[C@H](C)[C@@H](O[C@@H]2O[C@H](C)C[C@H](N(C)CCCCn3cc(-c4cccc(N)c4)nn3)[C@H]2O)[C@](C)(OC)C[C@@H](C)C(=O)[C@H](C)[C@H]2N(CCCCn3cc(-c4cccc(N)c4)nn3)C(=O)O[C@]12C. The number of hydrogen-bond donors (Lipinski definition) is 3. The van der Waals surface area contributed by atoms with Crippen LogP contribution in [0.5, 0.6) is 0 Å². The number of aromatic nitrogens is 6. The lowest BCUT2D eigenvalue weighted by molar-refractivity contribution is -0.296. The standard InChI is InChI=1S/C54H77FN10O10/c1-11-43-54(8)46(65(51(70)75-54)25-15-14-24-64-31-41(59-61-64)37-19-17-21-39(57)28-37)34(4)44(66)32(2)29-52(6,71-10)48(35(5)47(68)53(7,55)50(69)73-43)74-49-45(67)42(26-33(3)72-49)62(9)22-12-13-23-63-30-40(58-60-63)36-18-16-20-38(56)27-36/h16-21,27-28,30-35,42-43,45-46,48-49,67H,11-15,22-26,29,56-57H2,1-10H3/t32-,33-,34+,35+,42+,43-,45-,46-,48-,49+,52-,53+,54-/m1/s1. The maximum Gasteiger partial charge on any atom is 0.410 e. The number of esters is 1. The Morgan fingerprint density at radius 2 is 1.43 bits per heavy atom. The summed E-state index contributed by atoms with van der Waals surface area (Å²) in [6.07, 6.45) is 0.410. The van der Waals surface area contributed by atoms with Crippen LogP contribution in [0.15, 0.2) is 60.9 Å². The van der Waals surface area contributed by atoms with Crippen molar-refractivity contribution in [3.8, 4) is 22.5 Å². The number of likely N-dealkylation sites (N-methyl/N-ethyl adjacent to an activating group) is 1. The Labute approximate surface area is 438 Å². The number of nitrogens with two attached hydrogens (primary N) is 2. The van der Waals surface area contributed by atoms with Gasteiger partial charge in [0.05, 0.1) is 36.2 Å². The summed E-state index contributed by atoms with van der Waals surface area (Å²) in [7, 11) is 3.31. The molecular weight excluding hydrogens is 968 g/mol. The summed E-state index contributed by atoms with van der Waals surface area (Å²) < 4.78 is 51.9. The van der Waals surface area contributed by atoms with Gasteiger partial charge in [-0.1, -0.05) is 62.4 Å². The van der Waals surface area contributed by atoms with Crippen molar-refractivity contribution >= 4 is 35.0 Å². The summed E-state index contributed by atoms with van der Waals surface area (Å²) in [5, 5.41) is 29.2. The predicted molar refractivity (Wildman–Crippen MR) is 277 cm³/mol. The van der Waals surface area contributed by atoms with Crippen molar-refractivity contribution in [2.45, 2.75) is 173 Å². The Bertz CT molecular complexity index is 2630. The molecule has 4 aromatic rings. The van der Waals surface area contributed by atoms with Crippen molar-refractivity contribution in [3.63, 3.8) is 0 Å². The van der Waals surface area contributed by atoms with Crippen LogP contribution in [0.1, 0.15) is 100 Å². The van der Waals surface area contributed by atoms with E-state index in [1.807, 2.05) is 73.7 Å². The second kappa shape index (κ2) is 23.6. The van der Waals surface area contributed by atoms with Crippen LogP contribution >= 0.6 is 0 Å². The number of aryl methyl sites for hydroxylation is 2. The lowest BCUT2D eigenvalue weighted by Crippen LogP contribution is -2.62. The number of aliphatic hydroxyl groups excluding tert-OH is 1. The first-order valence-corrected chi connectivity index (χ1v) is 26.2. The number of alkyl halides is 1. The minimum absolute atomic E-state index is 0.0400. The molecule has 13 atom stereocenters. The average Bonchev–Trinajstić information content (AvgIpc) is 4.12. The molecule has 2 aromatic carbocycles. The van der Waals surface area contributed by atoms with E-state index in [1.165, 1.54) is 18.9 Å². The number of benzene rings is 2.